The van der Waals surface area contributed by atoms with Crippen molar-refractivity contribution in [1.82, 2.24) is 14.1 Å². The second-order valence-corrected chi connectivity index (χ2v) is 8.16. The van der Waals surface area contributed by atoms with E-state index >= 15 is 0 Å². The summed E-state index contributed by atoms with van der Waals surface area (Å²) in [5.41, 5.74) is 4.82. The molecule has 0 saturated carbocycles. The van der Waals surface area contributed by atoms with Gasteiger partial charge in [-0.05, 0) is 54.7 Å². The van der Waals surface area contributed by atoms with Gasteiger partial charge in [0.2, 0.25) is 10.0 Å². The minimum Gasteiger partial charge on any atom is -0.307 e. The fraction of sp³-hybridized carbons (Fsp3) is 0.211. The Morgan fingerprint density at radius 3 is 2.92 bits per heavy atom. The van der Waals surface area contributed by atoms with E-state index in [2.05, 4.69) is 9.71 Å². The predicted octanol–water partition coefficient (Wildman–Crippen LogP) is 3.05. The third kappa shape index (κ3) is 3.23. The number of imidazole rings is 1. The van der Waals surface area contributed by atoms with Crippen molar-refractivity contribution in [2.24, 2.45) is 0 Å². The molecule has 128 valence electrons. The summed E-state index contributed by atoms with van der Waals surface area (Å²) >= 11 is 0. The van der Waals surface area contributed by atoms with Crippen LogP contribution >= 0.6 is 0 Å². The Balaban J connectivity index is 1.54. The molecule has 2 aromatic heterocycles. The van der Waals surface area contributed by atoms with Crippen LogP contribution in [-0.2, 0) is 23.0 Å². The van der Waals surface area contributed by atoms with E-state index in [0.717, 1.165) is 23.2 Å². The van der Waals surface area contributed by atoms with Crippen LogP contribution in [0.25, 0.3) is 11.7 Å². The molecule has 25 heavy (non-hydrogen) atoms. The molecular weight excluding hydrogens is 334 g/mol. The average molecular weight is 353 g/mol. The molecule has 0 radical (unpaired) electrons. The van der Waals surface area contributed by atoms with Crippen molar-refractivity contribution in [1.29, 1.82) is 0 Å². The van der Waals surface area contributed by atoms with Crippen LogP contribution in [0.4, 0.5) is 0 Å². The third-order valence-electron chi connectivity index (χ3n) is 4.47. The Morgan fingerprint density at radius 2 is 2.04 bits per heavy atom. The standard InChI is InChI=1S/C19H19N3O2S/c1-14-8-9-22-13-17(21-19(22)10-14)12-20-25(23,24)18-7-6-15-4-2-3-5-16(15)11-18/h2-5,8-11,13,20H,6-7,12H2,1H3. The van der Waals surface area contributed by atoms with E-state index in [1.807, 2.05) is 60.1 Å². The van der Waals surface area contributed by atoms with Crippen molar-refractivity contribution in [3.63, 3.8) is 0 Å². The topological polar surface area (TPSA) is 63.5 Å². The number of benzene rings is 1. The quantitative estimate of drug-likeness (QED) is 0.784. The summed E-state index contributed by atoms with van der Waals surface area (Å²) in [6, 6.07) is 11.9. The van der Waals surface area contributed by atoms with Crippen LogP contribution in [0.15, 0.2) is 53.7 Å². The normalized spacial score (nSPS) is 14.4. The molecule has 6 heteroatoms. The molecular formula is C19H19N3O2S. The number of rotatable bonds is 4. The molecule has 0 fully saturated rings. The molecule has 0 amide bonds. The molecule has 1 aromatic carbocycles. The maximum absolute atomic E-state index is 12.6. The molecule has 2 heterocycles. The SMILES string of the molecule is Cc1ccn2cc(CNS(=O)(=O)C3=Cc4ccccc4CC3)nc2c1. The number of aromatic nitrogens is 2. The minimum atomic E-state index is -3.51. The van der Waals surface area contributed by atoms with Gasteiger partial charge in [0.1, 0.15) is 5.65 Å². The smallest absolute Gasteiger partial charge is 0.237 e. The highest BCUT2D eigenvalue weighted by Gasteiger charge is 2.21. The zero-order valence-corrected chi connectivity index (χ0v) is 14.8. The highest BCUT2D eigenvalue weighted by Crippen LogP contribution is 2.26. The van der Waals surface area contributed by atoms with Crippen LogP contribution in [0.5, 0.6) is 0 Å². The van der Waals surface area contributed by atoms with E-state index in [-0.39, 0.29) is 6.54 Å². The zero-order valence-electron chi connectivity index (χ0n) is 13.9. The Labute approximate surface area is 147 Å². The largest absolute Gasteiger partial charge is 0.307 e. The third-order valence-corrected chi connectivity index (χ3v) is 6.00. The van der Waals surface area contributed by atoms with Crippen molar-refractivity contribution in [3.8, 4) is 0 Å². The first-order chi connectivity index (χ1) is 12.0. The first kappa shape index (κ1) is 16.1. The van der Waals surface area contributed by atoms with Gasteiger partial charge in [-0.15, -0.1) is 0 Å². The number of allylic oxidation sites excluding steroid dienone is 1. The molecule has 1 aliphatic rings. The van der Waals surface area contributed by atoms with E-state index in [1.165, 1.54) is 5.56 Å². The number of nitrogens with zero attached hydrogens (tertiary/aromatic N) is 2. The van der Waals surface area contributed by atoms with Gasteiger partial charge < -0.3 is 4.40 Å². The van der Waals surface area contributed by atoms with Crippen molar-refractivity contribution in [3.05, 3.63) is 76.1 Å². The monoisotopic (exact) mass is 353 g/mol. The first-order valence-corrected chi connectivity index (χ1v) is 9.72. The highest BCUT2D eigenvalue weighted by atomic mass is 32.2. The Kier molecular flexibility index (Phi) is 3.94. The lowest BCUT2D eigenvalue weighted by molar-refractivity contribution is 0.585. The van der Waals surface area contributed by atoms with Crippen LogP contribution in [-0.4, -0.2) is 17.8 Å². The molecule has 5 nitrogen and oxygen atoms in total. The van der Waals surface area contributed by atoms with Crippen LogP contribution in [0, 0.1) is 6.92 Å². The van der Waals surface area contributed by atoms with Gasteiger partial charge in [-0.25, -0.2) is 18.1 Å². The number of hydrogen-bond acceptors (Lipinski definition) is 3. The van der Waals surface area contributed by atoms with Gasteiger partial charge in [0.05, 0.1) is 17.1 Å². The summed E-state index contributed by atoms with van der Waals surface area (Å²) in [5, 5.41) is 0. The molecule has 0 bridgehead atoms. The van der Waals surface area contributed by atoms with E-state index in [0.29, 0.717) is 17.0 Å². The molecule has 0 saturated heterocycles. The average Bonchev–Trinajstić information content (AvgIpc) is 3.02. The van der Waals surface area contributed by atoms with Gasteiger partial charge in [-0.1, -0.05) is 24.3 Å². The maximum atomic E-state index is 12.6. The predicted molar refractivity (Wildman–Crippen MR) is 98.4 cm³/mol. The van der Waals surface area contributed by atoms with Crippen molar-refractivity contribution >= 4 is 21.7 Å². The fourth-order valence-electron chi connectivity index (χ4n) is 3.10. The van der Waals surface area contributed by atoms with Crippen LogP contribution in [0.1, 0.15) is 28.8 Å². The Bertz CT molecular complexity index is 1080. The molecule has 0 atom stereocenters. The second kappa shape index (κ2) is 6.13. The van der Waals surface area contributed by atoms with Crippen molar-refractivity contribution in [2.75, 3.05) is 0 Å². The number of aryl methyl sites for hydroxylation is 2. The van der Waals surface area contributed by atoms with Crippen LogP contribution in [0.3, 0.4) is 0 Å². The minimum absolute atomic E-state index is 0.183. The van der Waals surface area contributed by atoms with Gasteiger partial charge >= 0.3 is 0 Å². The van der Waals surface area contributed by atoms with Gasteiger partial charge in [0, 0.05) is 12.4 Å². The van der Waals surface area contributed by atoms with Gasteiger partial charge in [0.15, 0.2) is 0 Å². The molecule has 0 unspecified atom stereocenters. The Hall–Kier alpha value is -2.44. The number of hydrogen-bond donors (Lipinski definition) is 1. The number of sulfonamides is 1. The summed E-state index contributed by atoms with van der Waals surface area (Å²) in [6.07, 6.45) is 6.82. The molecule has 4 rings (SSSR count). The van der Waals surface area contributed by atoms with Crippen LogP contribution in [0.2, 0.25) is 0 Å². The Morgan fingerprint density at radius 1 is 1.20 bits per heavy atom. The number of fused-ring (bicyclic) bond motifs is 2. The van der Waals surface area contributed by atoms with Gasteiger partial charge in [-0.2, -0.15) is 0 Å². The van der Waals surface area contributed by atoms with E-state index in [1.54, 1.807) is 6.08 Å². The summed E-state index contributed by atoms with van der Waals surface area (Å²) in [6.45, 7) is 2.19. The molecule has 3 aromatic rings. The lowest BCUT2D eigenvalue weighted by Crippen LogP contribution is -2.26. The number of nitrogens with one attached hydrogen (secondary N) is 1. The van der Waals surface area contributed by atoms with Crippen molar-refractivity contribution < 1.29 is 8.42 Å². The van der Waals surface area contributed by atoms with E-state index in [4.69, 9.17) is 0 Å². The molecule has 1 aliphatic carbocycles. The number of pyridine rings is 1. The van der Waals surface area contributed by atoms with Gasteiger partial charge in [0.25, 0.3) is 0 Å². The maximum Gasteiger partial charge on any atom is 0.237 e. The second-order valence-electron chi connectivity index (χ2n) is 6.34. The summed E-state index contributed by atoms with van der Waals surface area (Å²) in [4.78, 5) is 4.91. The van der Waals surface area contributed by atoms with E-state index in [9.17, 15) is 8.42 Å². The first-order valence-electron chi connectivity index (χ1n) is 8.24. The summed E-state index contributed by atoms with van der Waals surface area (Å²) < 4.78 is 29.8. The fourth-order valence-corrected chi connectivity index (χ4v) is 4.28. The van der Waals surface area contributed by atoms with E-state index < -0.39 is 10.0 Å². The molecule has 0 spiro atoms. The van der Waals surface area contributed by atoms with Gasteiger partial charge in [-0.3, -0.25) is 0 Å². The summed E-state index contributed by atoms with van der Waals surface area (Å²) in [5.74, 6) is 0. The van der Waals surface area contributed by atoms with Crippen molar-refractivity contribution in [2.45, 2.75) is 26.3 Å². The highest BCUT2D eigenvalue weighted by molar-refractivity contribution is 7.93. The lowest BCUT2D eigenvalue weighted by Gasteiger charge is -2.16. The molecule has 1 N–H and O–H groups in total. The van der Waals surface area contributed by atoms with Crippen LogP contribution < -0.4 is 4.72 Å². The zero-order chi connectivity index (χ0) is 17.4. The lowest BCUT2D eigenvalue weighted by atomic mass is 9.98. The molecule has 0 aliphatic heterocycles. The summed E-state index contributed by atoms with van der Waals surface area (Å²) in [7, 11) is -3.51.